The van der Waals surface area contributed by atoms with Crippen molar-refractivity contribution in [3.63, 3.8) is 0 Å². The molecule has 0 rings (SSSR count). The van der Waals surface area contributed by atoms with Crippen LogP contribution in [0.2, 0.25) is 0 Å². The van der Waals surface area contributed by atoms with Gasteiger partial charge in [0.15, 0.2) is 0 Å². The van der Waals surface area contributed by atoms with Gasteiger partial charge in [-0.25, -0.2) is 0 Å². The van der Waals surface area contributed by atoms with Crippen molar-refractivity contribution in [2.45, 2.75) is 122 Å². The Morgan fingerprint density at radius 1 is 0.878 bits per heavy atom. The van der Waals surface area contributed by atoms with Gasteiger partial charge in [0.25, 0.3) is 7.82 Å². The minimum Gasteiger partial charge on any atom is -0.756 e. The van der Waals surface area contributed by atoms with Crippen molar-refractivity contribution in [2.24, 2.45) is 0 Å². The van der Waals surface area contributed by atoms with Crippen LogP contribution in [0, 0.1) is 0 Å². The molecule has 0 aromatic rings. The van der Waals surface area contributed by atoms with E-state index in [1.54, 1.807) is 0 Å². The van der Waals surface area contributed by atoms with Gasteiger partial charge in [-0.3, -0.25) is 9.36 Å². The lowest BCUT2D eigenvalue weighted by Crippen LogP contribution is -2.46. The first-order valence-corrected chi connectivity index (χ1v) is 17.3. The number of nitrogens with zero attached hydrogens (tertiary/aromatic N) is 1. The highest BCUT2D eigenvalue weighted by atomic mass is 31.2. The summed E-state index contributed by atoms with van der Waals surface area (Å²) in [6.45, 7) is 4.46. The zero-order valence-corrected chi connectivity index (χ0v) is 27.6. The van der Waals surface area contributed by atoms with E-state index in [4.69, 9.17) is 9.05 Å². The average Bonchev–Trinajstić information content (AvgIpc) is 2.90. The summed E-state index contributed by atoms with van der Waals surface area (Å²) in [5.74, 6) is -0.204. The van der Waals surface area contributed by atoms with Crippen LogP contribution in [0.15, 0.2) is 36.5 Å². The molecule has 0 aliphatic heterocycles. The van der Waals surface area contributed by atoms with E-state index in [0.29, 0.717) is 23.9 Å². The molecule has 0 bridgehead atoms. The van der Waals surface area contributed by atoms with E-state index in [9.17, 15) is 19.4 Å². The third-order valence-corrected chi connectivity index (χ3v) is 7.61. The maximum absolute atomic E-state index is 12.6. The monoisotopic (exact) mass is 600 g/mol. The maximum Gasteiger partial charge on any atom is 0.268 e. The van der Waals surface area contributed by atoms with Crippen LogP contribution in [-0.4, -0.2) is 68.5 Å². The number of amides is 1. The van der Waals surface area contributed by atoms with E-state index in [0.717, 1.165) is 64.2 Å². The predicted octanol–water partition coefficient (Wildman–Crippen LogP) is 6.60. The first-order valence-electron chi connectivity index (χ1n) is 15.8. The number of quaternary nitrogens is 1. The largest absolute Gasteiger partial charge is 0.756 e. The lowest BCUT2D eigenvalue weighted by Gasteiger charge is -2.30. The Morgan fingerprint density at radius 3 is 2.15 bits per heavy atom. The number of rotatable bonds is 27. The molecular formula is C32H61N2O6P. The van der Waals surface area contributed by atoms with Crippen LogP contribution >= 0.6 is 7.82 Å². The fourth-order valence-corrected chi connectivity index (χ4v) is 4.77. The number of unbranched alkanes of at least 4 members (excludes halogenated alkanes) is 8. The lowest BCUT2D eigenvalue weighted by molar-refractivity contribution is -0.870. The number of nitrogens with one attached hydrogen (secondary N) is 1. The highest BCUT2D eigenvalue weighted by Gasteiger charge is 2.24. The van der Waals surface area contributed by atoms with Gasteiger partial charge in [-0.15, -0.1) is 0 Å². The van der Waals surface area contributed by atoms with Crippen LogP contribution in [-0.2, 0) is 18.4 Å². The highest BCUT2D eigenvalue weighted by molar-refractivity contribution is 7.45. The van der Waals surface area contributed by atoms with Crippen LogP contribution in [0.4, 0.5) is 0 Å². The van der Waals surface area contributed by atoms with Gasteiger partial charge >= 0.3 is 0 Å². The number of aliphatic hydroxyl groups is 1. The summed E-state index contributed by atoms with van der Waals surface area (Å²) in [4.78, 5) is 24.9. The van der Waals surface area contributed by atoms with Crippen molar-refractivity contribution in [3.05, 3.63) is 36.5 Å². The molecule has 0 saturated heterocycles. The van der Waals surface area contributed by atoms with Crippen LogP contribution < -0.4 is 10.2 Å². The molecule has 0 fully saturated rings. The molecule has 41 heavy (non-hydrogen) atoms. The van der Waals surface area contributed by atoms with E-state index < -0.39 is 20.0 Å². The second-order valence-electron chi connectivity index (χ2n) is 11.8. The van der Waals surface area contributed by atoms with E-state index in [1.807, 2.05) is 21.1 Å². The van der Waals surface area contributed by atoms with Crippen molar-refractivity contribution >= 4 is 13.7 Å². The number of allylic oxidation sites excluding steroid dienone is 6. The molecule has 0 aliphatic carbocycles. The number of aliphatic hydroxyl groups excluding tert-OH is 1. The van der Waals surface area contributed by atoms with Gasteiger partial charge < -0.3 is 28.8 Å². The summed E-state index contributed by atoms with van der Waals surface area (Å²) < 4.78 is 22.9. The van der Waals surface area contributed by atoms with Gasteiger partial charge in [0, 0.05) is 6.42 Å². The van der Waals surface area contributed by atoms with Crippen molar-refractivity contribution in [3.8, 4) is 0 Å². The van der Waals surface area contributed by atoms with Gasteiger partial charge in [-0.05, 0) is 44.9 Å². The van der Waals surface area contributed by atoms with Crippen molar-refractivity contribution < 1.29 is 32.9 Å². The Bertz CT molecular complexity index is 779. The number of phosphoric acid groups is 1. The molecule has 1 amide bonds. The molecule has 2 N–H and O–H groups in total. The summed E-state index contributed by atoms with van der Waals surface area (Å²) in [7, 11) is 1.27. The zero-order valence-electron chi connectivity index (χ0n) is 26.7. The number of carbonyl (C=O) groups is 1. The summed E-state index contributed by atoms with van der Waals surface area (Å²) in [6.07, 6.45) is 26.0. The van der Waals surface area contributed by atoms with Gasteiger partial charge in [0.1, 0.15) is 13.2 Å². The Morgan fingerprint density at radius 2 is 1.49 bits per heavy atom. The first-order chi connectivity index (χ1) is 19.5. The van der Waals surface area contributed by atoms with E-state index >= 15 is 0 Å². The van der Waals surface area contributed by atoms with Gasteiger partial charge in [0.2, 0.25) is 5.91 Å². The van der Waals surface area contributed by atoms with E-state index in [1.165, 1.54) is 19.3 Å². The van der Waals surface area contributed by atoms with E-state index in [2.05, 4.69) is 55.6 Å². The molecule has 3 unspecified atom stereocenters. The standard InChI is InChI=1S/C32H61N2O6P/c1-6-8-10-12-14-15-16-17-18-19-20-22-24-26-32(36)33-30(31(35)25-23-21-13-11-9-7-2)29-40-41(37,38)39-28-27-34(3,4)5/h8,10,14-15,17-18,30-31,35H,6-7,9,11-13,16,19-29H2,1-5H3,(H-,33,36,37,38)/b10-8-,15-14-,18-17-. The van der Waals surface area contributed by atoms with Gasteiger partial charge in [0.05, 0.1) is 39.9 Å². The van der Waals surface area contributed by atoms with Crippen molar-refractivity contribution in [1.29, 1.82) is 0 Å². The third-order valence-electron chi connectivity index (χ3n) is 6.64. The highest BCUT2D eigenvalue weighted by Crippen LogP contribution is 2.38. The van der Waals surface area contributed by atoms with Crippen LogP contribution in [0.25, 0.3) is 0 Å². The third kappa shape index (κ3) is 27.3. The normalized spacial score (nSPS) is 15.6. The molecule has 240 valence electrons. The van der Waals surface area contributed by atoms with Crippen LogP contribution in [0.3, 0.4) is 0 Å². The van der Waals surface area contributed by atoms with Crippen LogP contribution in [0.5, 0.6) is 0 Å². The molecule has 0 aromatic heterocycles. The van der Waals surface area contributed by atoms with Crippen LogP contribution in [0.1, 0.15) is 110 Å². The minimum absolute atomic E-state index is 0.00412. The minimum atomic E-state index is -4.55. The topological polar surface area (TPSA) is 108 Å². The lowest BCUT2D eigenvalue weighted by atomic mass is 10.0. The second kappa shape index (κ2) is 25.2. The summed E-state index contributed by atoms with van der Waals surface area (Å²) in [5.41, 5.74) is 0. The first kappa shape index (κ1) is 39.7. The molecule has 0 spiro atoms. The molecule has 3 atom stereocenters. The summed E-state index contributed by atoms with van der Waals surface area (Å²) in [5, 5.41) is 13.6. The van der Waals surface area contributed by atoms with Gasteiger partial charge in [-0.2, -0.15) is 0 Å². The molecule has 0 saturated carbocycles. The average molecular weight is 601 g/mol. The van der Waals surface area contributed by atoms with Crippen molar-refractivity contribution in [2.75, 3.05) is 40.9 Å². The number of phosphoric ester groups is 1. The molecule has 0 aromatic carbocycles. The maximum atomic E-state index is 12.6. The fourth-order valence-electron chi connectivity index (χ4n) is 4.05. The molecule has 0 radical (unpaired) electrons. The van der Waals surface area contributed by atoms with Crippen molar-refractivity contribution in [1.82, 2.24) is 5.32 Å². The zero-order chi connectivity index (χ0) is 30.8. The number of likely N-dealkylation sites (N-methyl/N-ethyl adjacent to an activating group) is 1. The molecule has 0 aliphatic rings. The molecular weight excluding hydrogens is 539 g/mol. The summed E-state index contributed by atoms with van der Waals surface area (Å²) in [6, 6.07) is -0.809. The number of hydrogen-bond acceptors (Lipinski definition) is 6. The quantitative estimate of drug-likeness (QED) is 0.0476. The predicted molar refractivity (Wildman–Crippen MR) is 168 cm³/mol. The Labute approximate surface area is 251 Å². The molecule has 8 nitrogen and oxygen atoms in total. The number of carbonyl (C=O) groups excluding carboxylic acids is 1. The smallest absolute Gasteiger partial charge is 0.268 e. The van der Waals surface area contributed by atoms with Gasteiger partial charge in [-0.1, -0.05) is 95.2 Å². The SMILES string of the molecule is CC/C=C\C/C=C\C/C=C\CCCCCC(=O)NC(COP(=O)([O-])OCC[N+](C)(C)C)C(O)CCCCCCCC. The van der Waals surface area contributed by atoms with E-state index in [-0.39, 0.29) is 19.1 Å². The Balaban J connectivity index is 4.56. The second-order valence-corrected chi connectivity index (χ2v) is 13.2. The number of hydrogen-bond donors (Lipinski definition) is 2. The Hall–Kier alpha value is -1.28. The Kier molecular flexibility index (Phi) is 24.5. The summed E-state index contributed by atoms with van der Waals surface area (Å²) >= 11 is 0. The molecule has 0 heterocycles. The fraction of sp³-hybridized carbons (Fsp3) is 0.781. The molecule has 9 heteroatoms.